The van der Waals surface area contributed by atoms with Gasteiger partial charge in [0.1, 0.15) is 11.8 Å². The van der Waals surface area contributed by atoms with Gasteiger partial charge in [0.15, 0.2) is 0 Å². The number of nitrogens with zero attached hydrogens (tertiary/aromatic N) is 3. The first-order valence-corrected chi connectivity index (χ1v) is 11.2. The summed E-state index contributed by atoms with van der Waals surface area (Å²) >= 11 is 5.74. The Morgan fingerprint density at radius 2 is 1.47 bits per heavy atom. The first-order chi connectivity index (χ1) is 15.6. The van der Waals surface area contributed by atoms with Crippen LogP contribution in [0.4, 0.5) is 0 Å². The highest BCUT2D eigenvalue weighted by Gasteiger charge is 2.02. The number of hydrogen-bond donors (Lipinski definition) is 0. The maximum absolute atomic E-state index is 5.74. The number of hydrogen-bond acceptors (Lipinski definition) is 4. The van der Waals surface area contributed by atoms with Gasteiger partial charge in [-0.15, -0.1) is 0 Å². The van der Waals surface area contributed by atoms with Crippen molar-refractivity contribution in [3.8, 4) is 17.3 Å². The van der Waals surface area contributed by atoms with Crippen molar-refractivity contribution in [3.63, 3.8) is 0 Å². The smallest absolute Gasteiger partial charge is 0.214 e. The van der Waals surface area contributed by atoms with Crippen molar-refractivity contribution in [1.82, 2.24) is 15.0 Å². The fourth-order valence-electron chi connectivity index (χ4n) is 3.01. The molecule has 1 aromatic carbocycles. The number of pyridine rings is 3. The van der Waals surface area contributed by atoms with Crippen LogP contribution >= 0.6 is 11.6 Å². The van der Waals surface area contributed by atoms with Crippen LogP contribution in [0.25, 0.3) is 11.4 Å². The fraction of sp³-hybridized carbons (Fsp3) is 0.222. The molecule has 4 aromatic rings. The summed E-state index contributed by atoms with van der Waals surface area (Å²) in [5.74, 6) is 0.548. The van der Waals surface area contributed by atoms with E-state index in [1.54, 1.807) is 12.1 Å². The quantitative estimate of drug-likeness (QED) is 0.284. The minimum absolute atomic E-state index is 0.445. The van der Waals surface area contributed by atoms with E-state index in [1.165, 1.54) is 12.8 Å². The molecule has 4 nitrogen and oxygen atoms in total. The first kappa shape index (κ1) is 23.4. The van der Waals surface area contributed by atoms with Gasteiger partial charge in [0.25, 0.3) is 0 Å². The summed E-state index contributed by atoms with van der Waals surface area (Å²) in [7, 11) is 0. The van der Waals surface area contributed by atoms with Crippen LogP contribution in [0.15, 0.2) is 84.9 Å². The SMILES string of the molecule is CCCCc1cccc(-c2cccc(C)n2)n1.Clc1cccc(OCc2ccccc2)n1. The Morgan fingerprint density at radius 1 is 0.750 bits per heavy atom. The van der Waals surface area contributed by atoms with E-state index in [0.29, 0.717) is 17.6 Å². The van der Waals surface area contributed by atoms with Crippen LogP contribution in [0, 0.1) is 6.92 Å². The van der Waals surface area contributed by atoms with Gasteiger partial charge in [0.2, 0.25) is 5.88 Å². The molecule has 164 valence electrons. The van der Waals surface area contributed by atoms with E-state index in [1.807, 2.05) is 67.6 Å². The van der Waals surface area contributed by atoms with Crippen LogP contribution in [-0.2, 0) is 13.0 Å². The van der Waals surface area contributed by atoms with Crippen molar-refractivity contribution >= 4 is 11.6 Å². The van der Waals surface area contributed by atoms with Gasteiger partial charge in [0, 0.05) is 17.5 Å². The van der Waals surface area contributed by atoms with Crippen molar-refractivity contribution in [3.05, 3.63) is 107 Å². The van der Waals surface area contributed by atoms with Crippen LogP contribution in [-0.4, -0.2) is 15.0 Å². The van der Waals surface area contributed by atoms with Crippen molar-refractivity contribution in [2.24, 2.45) is 0 Å². The minimum Gasteiger partial charge on any atom is -0.473 e. The number of benzene rings is 1. The molecule has 0 radical (unpaired) electrons. The fourth-order valence-corrected chi connectivity index (χ4v) is 3.16. The lowest BCUT2D eigenvalue weighted by Crippen LogP contribution is -1.96. The molecule has 0 aliphatic rings. The highest BCUT2D eigenvalue weighted by molar-refractivity contribution is 6.29. The van der Waals surface area contributed by atoms with Crippen molar-refractivity contribution in [2.75, 3.05) is 0 Å². The Kier molecular flexibility index (Phi) is 9.20. The van der Waals surface area contributed by atoms with E-state index in [2.05, 4.69) is 34.0 Å². The topological polar surface area (TPSA) is 47.9 Å². The molecule has 32 heavy (non-hydrogen) atoms. The number of aryl methyl sites for hydroxylation is 2. The third-order valence-corrected chi connectivity index (χ3v) is 4.87. The number of ether oxygens (including phenoxy) is 1. The monoisotopic (exact) mass is 445 g/mol. The molecule has 0 aliphatic carbocycles. The Bertz CT molecular complexity index is 1100. The molecule has 0 bridgehead atoms. The van der Waals surface area contributed by atoms with Crippen LogP contribution < -0.4 is 4.74 Å². The second kappa shape index (κ2) is 12.6. The molecule has 3 aromatic heterocycles. The Labute approximate surface area is 195 Å². The minimum atomic E-state index is 0.445. The van der Waals surface area contributed by atoms with Crippen LogP contribution in [0.5, 0.6) is 5.88 Å². The zero-order valence-corrected chi connectivity index (χ0v) is 19.3. The van der Waals surface area contributed by atoms with Gasteiger partial charge in [0.05, 0.1) is 11.4 Å². The number of aromatic nitrogens is 3. The predicted molar refractivity (Wildman–Crippen MR) is 131 cm³/mol. The van der Waals surface area contributed by atoms with Gasteiger partial charge >= 0.3 is 0 Å². The van der Waals surface area contributed by atoms with E-state index in [-0.39, 0.29) is 0 Å². The third-order valence-electron chi connectivity index (χ3n) is 4.66. The Morgan fingerprint density at radius 3 is 2.19 bits per heavy atom. The second-order valence-corrected chi connectivity index (χ2v) is 7.74. The summed E-state index contributed by atoms with van der Waals surface area (Å²) < 4.78 is 5.48. The molecule has 0 atom stereocenters. The van der Waals surface area contributed by atoms with E-state index in [4.69, 9.17) is 16.3 Å². The highest BCUT2D eigenvalue weighted by Crippen LogP contribution is 2.16. The van der Waals surface area contributed by atoms with Crippen molar-refractivity contribution < 1.29 is 4.74 Å². The Hall–Kier alpha value is -3.24. The van der Waals surface area contributed by atoms with E-state index >= 15 is 0 Å². The molecule has 0 unspecified atom stereocenters. The summed E-state index contributed by atoms with van der Waals surface area (Å²) in [6, 6.07) is 27.5. The molecule has 0 aliphatic heterocycles. The summed E-state index contributed by atoms with van der Waals surface area (Å²) in [6.45, 7) is 4.71. The number of unbranched alkanes of at least 4 members (excludes halogenated alkanes) is 1. The largest absolute Gasteiger partial charge is 0.473 e. The molecule has 0 N–H and O–H groups in total. The molecule has 0 saturated carbocycles. The van der Waals surface area contributed by atoms with Crippen LogP contribution in [0.1, 0.15) is 36.7 Å². The average Bonchev–Trinajstić information content (AvgIpc) is 2.83. The summed E-state index contributed by atoms with van der Waals surface area (Å²) in [5.41, 5.74) is 5.24. The van der Waals surface area contributed by atoms with Gasteiger partial charge in [-0.05, 0) is 55.7 Å². The normalized spacial score (nSPS) is 10.2. The molecule has 0 amide bonds. The summed E-state index contributed by atoms with van der Waals surface area (Å²) in [5, 5.41) is 0.445. The molecule has 0 fully saturated rings. The van der Waals surface area contributed by atoms with E-state index in [9.17, 15) is 0 Å². The standard InChI is InChI=1S/C15H18N2.C12H10ClNO/c1-3-4-8-13-9-6-11-15(17-13)14-10-5-7-12(2)16-14;13-11-7-4-8-12(14-11)15-9-10-5-2-1-3-6-10/h5-7,9-11H,3-4,8H2,1-2H3;1-8H,9H2. The maximum atomic E-state index is 5.74. The second-order valence-electron chi connectivity index (χ2n) is 7.35. The van der Waals surface area contributed by atoms with Gasteiger partial charge < -0.3 is 4.74 Å². The molecule has 4 rings (SSSR count). The number of rotatable bonds is 7. The molecule has 5 heteroatoms. The average molecular weight is 446 g/mol. The van der Waals surface area contributed by atoms with Gasteiger partial charge in [-0.2, -0.15) is 0 Å². The first-order valence-electron chi connectivity index (χ1n) is 10.8. The van der Waals surface area contributed by atoms with Gasteiger partial charge in [-0.3, -0.25) is 9.97 Å². The third kappa shape index (κ3) is 7.78. The lowest BCUT2D eigenvalue weighted by atomic mass is 10.1. The van der Waals surface area contributed by atoms with E-state index in [0.717, 1.165) is 34.8 Å². The van der Waals surface area contributed by atoms with Gasteiger partial charge in [-0.25, -0.2) is 4.98 Å². The van der Waals surface area contributed by atoms with Crippen molar-refractivity contribution in [2.45, 2.75) is 39.7 Å². The maximum Gasteiger partial charge on any atom is 0.214 e. The lowest BCUT2D eigenvalue weighted by Gasteiger charge is -2.04. The van der Waals surface area contributed by atoms with Crippen molar-refractivity contribution in [1.29, 1.82) is 0 Å². The van der Waals surface area contributed by atoms with Gasteiger partial charge in [-0.1, -0.05) is 73.5 Å². The zero-order valence-electron chi connectivity index (χ0n) is 18.5. The predicted octanol–water partition coefficient (Wildman–Crippen LogP) is 7.11. The molecular weight excluding hydrogens is 418 g/mol. The number of halogens is 1. The molecule has 0 saturated heterocycles. The summed E-state index contributed by atoms with van der Waals surface area (Å²) in [6.07, 6.45) is 3.45. The zero-order chi connectivity index (χ0) is 22.6. The molecular formula is C27H28ClN3O. The Balaban J connectivity index is 0.000000182. The van der Waals surface area contributed by atoms with Crippen LogP contribution in [0.2, 0.25) is 5.15 Å². The van der Waals surface area contributed by atoms with E-state index < -0.39 is 0 Å². The summed E-state index contributed by atoms with van der Waals surface area (Å²) in [4.78, 5) is 13.2. The molecule has 3 heterocycles. The lowest BCUT2D eigenvalue weighted by molar-refractivity contribution is 0.294. The van der Waals surface area contributed by atoms with Crippen LogP contribution in [0.3, 0.4) is 0 Å². The highest BCUT2D eigenvalue weighted by atomic mass is 35.5. The molecule has 0 spiro atoms.